The molecule has 0 unspecified atom stereocenters. The average Bonchev–Trinajstić information content (AvgIpc) is 2.38. The molecular weight excluding hydrogens is 216 g/mol. The van der Waals surface area contributed by atoms with Crippen LogP contribution in [-0.4, -0.2) is 42.9 Å². The lowest BCUT2D eigenvalue weighted by atomic mass is 10.2. The SMILES string of the molecule is CCN(CCO)CCOc1ccc(CN)cc1. The fourth-order valence-corrected chi connectivity index (χ4v) is 1.58. The first-order chi connectivity index (χ1) is 8.30. The summed E-state index contributed by atoms with van der Waals surface area (Å²) in [5.74, 6) is 0.863. The predicted molar refractivity (Wildman–Crippen MR) is 69.0 cm³/mol. The molecule has 0 aliphatic rings. The lowest BCUT2D eigenvalue weighted by Crippen LogP contribution is -2.30. The van der Waals surface area contributed by atoms with Crippen LogP contribution >= 0.6 is 0 Å². The molecule has 0 bridgehead atoms. The highest BCUT2D eigenvalue weighted by Gasteiger charge is 2.01. The smallest absolute Gasteiger partial charge is 0.119 e. The zero-order chi connectivity index (χ0) is 12.5. The molecule has 0 aliphatic heterocycles. The van der Waals surface area contributed by atoms with Gasteiger partial charge >= 0.3 is 0 Å². The number of rotatable bonds is 8. The Morgan fingerprint density at radius 2 is 1.94 bits per heavy atom. The maximum Gasteiger partial charge on any atom is 0.119 e. The van der Waals surface area contributed by atoms with Gasteiger partial charge in [0.25, 0.3) is 0 Å². The largest absolute Gasteiger partial charge is 0.492 e. The molecule has 0 spiro atoms. The number of nitrogens with two attached hydrogens (primary N) is 1. The summed E-state index contributed by atoms with van der Waals surface area (Å²) in [6, 6.07) is 7.82. The van der Waals surface area contributed by atoms with Gasteiger partial charge in [-0.15, -0.1) is 0 Å². The van der Waals surface area contributed by atoms with E-state index in [-0.39, 0.29) is 6.61 Å². The van der Waals surface area contributed by atoms with Crippen molar-refractivity contribution < 1.29 is 9.84 Å². The van der Waals surface area contributed by atoms with Gasteiger partial charge in [-0.3, -0.25) is 4.90 Å². The van der Waals surface area contributed by atoms with Crippen LogP contribution in [0.25, 0.3) is 0 Å². The minimum Gasteiger partial charge on any atom is -0.492 e. The zero-order valence-corrected chi connectivity index (χ0v) is 10.4. The van der Waals surface area contributed by atoms with E-state index in [1.54, 1.807) is 0 Å². The van der Waals surface area contributed by atoms with Gasteiger partial charge in [0.1, 0.15) is 12.4 Å². The van der Waals surface area contributed by atoms with Crippen LogP contribution < -0.4 is 10.5 Å². The molecule has 1 aromatic carbocycles. The molecule has 1 rings (SSSR count). The summed E-state index contributed by atoms with van der Waals surface area (Å²) in [7, 11) is 0. The van der Waals surface area contributed by atoms with Gasteiger partial charge in [-0.1, -0.05) is 19.1 Å². The van der Waals surface area contributed by atoms with Gasteiger partial charge in [0.2, 0.25) is 0 Å². The molecule has 4 nitrogen and oxygen atoms in total. The van der Waals surface area contributed by atoms with E-state index in [1.165, 1.54) is 0 Å². The number of hydrogen-bond donors (Lipinski definition) is 2. The molecular formula is C13H22N2O2. The van der Waals surface area contributed by atoms with E-state index in [9.17, 15) is 0 Å². The molecule has 96 valence electrons. The summed E-state index contributed by atoms with van der Waals surface area (Å²) in [4.78, 5) is 2.15. The predicted octanol–water partition coefficient (Wildman–Crippen LogP) is 0.838. The second-order valence-electron chi connectivity index (χ2n) is 3.85. The normalized spacial score (nSPS) is 10.8. The van der Waals surface area contributed by atoms with Crippen molar-refractivity contribution in [2.75, 3.05) is 32.8 Å². The highest BCUT2D eigenvalue weighted by Crippen LogP contribution is 2.11. The lowest BCUT2D eigenvalue weighted by Gasteiger charge is -2.19. The quantitative estimate of drug-likeness (QED) is 0.704. The Morgan fingerprint density at radius 1 is 1.24 bits per heavy atom. The third-order valence-corrected chi connectivity index (χ3v) is 2.70. The summed E-state index contributed by atoms with van der Waals surface area (Å²) in [5.41, 5.74) is 6.62. The molecule has 0 saturated carbocycles. The Balaban J connectivity index is 2.29. The highest BCUT2D eigenvalue weighted by molar-refractivity contribution is 5.27. The zero-order valence-electron chi connectivity index (χ0n) is 10.4. The van der Waals surface area contributed by atoms with Gasteiger partial charge in [-0.25, -0.2) is 0 Å². The first-order valence-electron chi connectivity index (χ1n) is 6.05. The summed E-state index contributed by atoms with van der Waals surface area (Å²) in [6.45, 7) is 5.92. The van der Waals surface area contributed by atoms with Crippen molar-refractivity contribution in [3.63, 3.8) is 0 Å². The fraction of sp³-hybridized carbons (Fsp3) is 0.538. The van der Waals surface area contributed by atoms with Crippen molar-refractivity contribution in [1.82, 2.24) is 4.90 Å². The average molecular weight is 238 g/mol. The van der Waals surface area contributed by atoms with Crippen molar-refractivity contribution in [3.05, 3.63) is 29.8 Å². The summed E-state index contributed by atoms with van der Waals surface area (Å²) in [5, 5.41) is 8.85. The number of benzene rings is 1. The second kappa shape index (κ2) is 8.06. The molecule has 0 atom stereocenters. The molecule has 4 heteroatoms. The third-order valence-electron chi connectivity index (χ3n) is 2.70. The molecule has 3 N–H and O–H groups in total. The van der Waals surface area contributed by atoms with E-state index in [2.05, 4.69) is 11.8 Å². The van der Waals surface area contributed by atoms with Crippen molar-refractivity contribution in [1.29, 1.82) is 0 Å². The van der Waals surface area contributed by atoms with Gasteiger partial charge in [0, 0.05) is 19.6 Å². The molecule has 1 aromatic rings. The molecule has 0 aromatic heterocycles. The van der Waals surface area contributed by atoms with Crippen LogP contribution in [-0.2, 0) is 6.54 Å². The second-order valence-corrected chi connectivity index (χ2v) is 3.85. The van der Waals surface area contributed by atoms with Gasteiger partial charge in [0.05, 0.1) is 6.61 Å². The monoisotopic (exact) mass is 238 g/mol. The van der Waals surface area contributed by atoms with E-state index in [1.807, 2.05) is 24.3 Å². The number of aliphatic hydroxyl groups excluding tert-OH is 1. The Morgan fingerprint density at radius 3 is 2.47 bits per heavy atom. The van der Waals surface area contributed by atoms with Gasteiger partial charge < -0.3 is 15.6 Å². The molecule has 0 heterocycles. The van der Waals surface area contributed by atoms with Crippen LogP contribution in [0.2, 0.25) is 0 Å². The van der Waals surface area contributed by atoms with E-state index >= 15 is 0 Å². The molecule has 17 heavy (non-hydrogen) atoms. The standard InChI is InChI=1S/C13H22N2O2/c1-2-15(7-9-16)8-10-17-13-5-3-12(11-14)4-6-13/h3-6,16H,2,7-11,14H2,1H3. The lowest BCUT2D eigenvalue weighted by molar-refractivity contribution is 0.174. The van der Waals surface area contributed by atoms with Crippen molar-refractivity contribution in [2.24, 2.45) is 5.73 Å². The van der Waals surface area contributed by atoms with Gasteiger partial charge in [-0.2, -0.15) is 0 Å². The highest BCUT2D eigenvalue weighted by atomic mass is 16.5. The van der Waals surface area contributed by atoms with E-state index in [4.69, 9.17) is 15.6 Å². The van der Waals surface area contributed by atoms with Crippen LogP contribution in [0.5, 0.6) is 5.75 Å². The Bertz CT molecular complexity index is 301. The van der Waals surface area contributed by atoms with Crippen LogP contribution in [0.4, 0.5) is 0 Å². The minimum atomic E-state index is 0.193. The number of hydrogen-bond acceptors (Lipinski definition) is 4. The van der Waals surface area contributed by atoms with Gasteiger partial charge in [-0.05, 0) is 24.2 Å². The minimum absolute atomic E-state index is 0.193. The first kappa shape index (κ1) is 14.0. The summed E-state index contributed by atoms with van der Waals surface area (Å²) >= 11 is 0. The number of likely N-dealkylation sites (N-methyl/N-ethyl adjacent to an activating group) is 1. The third kappa shape index (κ3) is 5.17. The Labute approximate surface area is 103 Å². The number of nitrogens with zero attached hydrogens (tertiary/aromatic N) is 1. The first-order valence-corrected chi connectivity index (χ1v) is 6.05. The van der Waals surface area contributed by atoms with Crippen molar-refractivity contribution in [3.8, 4) is 5.75 Å². The van der Waals surface area contributed by atoms with Crippen LogP contribution in [0, 0.1) is 0 Å². The topological polar surface area (TPSA) is 58.7 Å². The molecule has 0 radical (unpaired) electrons. The van der Waals surface area contributed by atoms with Gasteiger partial charge in [0.15, 0.2) is 0 Å². The van der Waals surface area contributed by atoms with Crippen LogP contribution in [0.1, 0.15) is 12.5 Å². The summed E-state index contributed by atoms with van der Waals surface area (Å²) in [6.07, 6.45) is 0. The Hall–Kier alpha value is -1.10. The molecule has 0 aliphatic carbocycles. The fourth-order valence-electron chi connectivity index (χ4n) is 1.58. The molecule has 0 saturated heterocycles. The molecule has 0 fully saturated rings. The number of aliphatic hydroxyl groups is 1. The number of ether oxygens (including phenoxy) is 1. The van der Waals surface area contributed by atoms with E-state index < -0.39 is 0 Å². The maximum atomic E-state index is 8.85. The van der Waals surface area contributed by atoms with Crippen molar-refractivity contribution in [2.45, 2.75) is 13.5 Å². The Kier molecular flexibility index (Phi) is 6.62. The molecule has 0 amide bonds. The maximum absolute atomic E-state index is 8.85. The summed E-state index contributed by atoms with van der Waals surface area (Å²) < 4.78 is 5.62. The van der Waals surface area contributed by atoms with E-state index in [0.717, 1.165) is 24.4 Å². The van der Waals surface area contributed by atoms with E-state index in [0.29, 0.717) is 19.7 Å². The van der Waals surface area contributed by atoms with Crippen LogP contribution in [0.3, 0.4) is 0 Å². The van der Waals surface area contributed by atoms with Crippen LogP contribution in [0.15, 0.2) is 24.3 Å². The van der Waals surface area contributed by atoms with Crippen molar-refractivity contribution >= 4 is 0 Å².